The number of pyridine rings is 1. The van der Waals surface area contributed by atoms with Crippen molar-refractivity contribution in [1.82, 2.24) is 4.98 Å². The molecule has 0 aliphatic heterocycles. The Hall–Kier alpha value is -1.26. The van der Waals surface area contributed by atoms with E-state index in [0.29, 0.717) is 16.5 Å². The summed E-state index contributed by atoms with van der Waals surface area (Å²) in [5.74, 6) is 0.669. The summed E-state index contributed by atoms with van der Waals surface area (Å²) in [5.41, 5.74) is 8.24. The number of aromatic nitrogens is 1. The van der Waals surface area contributed by atoms with Crippen LogP contribution in [0.4, 0.5) is 5.69 Å². The molecular formula is C12H10BrClN2O. The van der Waals surface area contributed by atoms with Gasteiger partial charge in [-0.1, -0.05) is 11.6 Å². The second-order valence-electron chi connectivity index (χ2n) is 3.43. The van der Waals surface area contributed by atoms with Crippen molar-refractivity contribution >= 4 is 33.2 Å². The Kier molecular flexibility index (Phi) is 3.54. The highest BCUT2D eigenvalue weighted by molar-refractivity contribution is 9.10. The van der Waals surface area contributed by atoms with Crippen molar-refractivity contribution in [2.75, 3.05) is 12.8 Å². The fourth-order valence-electron chi connectivity index (χ4n) is 1.61. The number of nitrogen functional groups attached to an aromatic ring is 1. The second-order valence-corrected chi connectivity index (χ2v) is 4.72. The summed E-state index contributed by atoms with van der Waals surface area (Å²) >= 11 is 9.44. The van der Waals surface area contributed by atoms with E-state index in [4.69, 9.17) is 22.1 Å². The van der Waals surface area contributed by atoms with Gasteiger partial charge in [0.25, 0.3) is 0 Å². The largest absolute Gasteiger partial charge is 0.496 e. The van der Waals surface area contributed by atoms with Crippen LogP contribution in [-0.2, 0) is 0 Å². The van der Waals surface area contributed by atoms with E-state index in [1.54, 1.807) is 31.6 Å². The van der Waals surface area contributed by atoms with Crippen molar-refractivity contribution in [3.63, 3.8) is 0 Å². The van der Waals surface area contributed by atoms with Crippen LogP contribution in [0.5, 0.6) is 5.75 Å². The molecule has 3 nitrogen and oxygen atoms in total. The molecule has 0 bridgehead atoms. The number of halogens is 2. The van der Waals surface area contributed by atoms with Gasteiger partial charge in [-0.05, 0) is 34.1 Å². The van der Waals surface area contributed by atoms with Crippen LogP contribution in [0.3, 0.4) is 0 Å². The molecule has 1 aromatic carbocycles. The lowest BCUT2D eigenvalue weighted by Crippen LogP contribution is -1.95. The minimum atomic E-state index is 0.592. The number of rotatable bonds is 2. The maximum atomic E-state index is 5.97. The van der Waals surface area contributed by atoms with Crippen LogP contribution in [0.2, 0.25) is 5.02 Å². The van der Waals surface area contributed by atoms with E-state index in [9.17, 15) is 0 Å². The molecule has 0 fully saturated rings. The third-order valence-electron chi connectivity index (χ3n) is 2.36. The van der Waals surface area contributed by atoms with Gasteiger partial charge in [0.1, 0.15) is 5.75 Å². The summed E-state index contributed by atoms with van der Waals surface area (Å²) in [6.07, 6.45) is 3.29. The Morgan fingerprint density at radius 2 is 2.18 bits per heavy atom. The zero-order chi connectivity index (χ0) is 12.4. The lowest BCUT2D eigenvalue weighted by Gasteiger charge is -2.13. The molecular weight excluding hydrogens is 304 g/mol. The van der Waals surface area contributed by atoms with Crippen LogP contribution in [0.15, 0.2) is 35.1 Å². The maximum Gasteiger partial charge on any atom is 0.129 e. The number of nitrogens with two attached hydrogens (primary N) is 1. The summed E-state index contributed by atoms with van der Waals surface area (Å²) in [5, 5.41) is 0.602. The normalized spacial score (nSPS) is 10.3. The highest BCUT2D eigenvalue weighted by Gasteiger charge is 2.13. The van der Waals surface area contributed by atoms with Crippen LogP contribution >= 0.6 is 27.5 Å². The Morgan fingerprint density at radius 3 is 2.82 bits per heavy atom. The van der Waals surface area contributed by atoms with Crippen LogP contribution in [0, 0.1) is 0 Å². The summed E-state index contributed by atoms with van der Waals surface area (Å²) in [6, 6.07) is 5.40. The number of anilines is 1. The standard InChI is InChI=1S/C12H10BrClN2O/c1-17-11-5-7(14)4-9(13)12(11)8-2-3-16-6-10(8)15/h2-6H,15H2,1H3. The van der Waals surface area contributed by atoms with Crippen LogP contribution in [0.25, 0.3) is 11.1 Å². The lowest BCUT2D eigenvalue weighted by atomic mass is 10.0. The second kappa shape index (κ2) is 4.94. The van der Waals surface area contributed by atoms with E-state index in [-0.39, 0.29) is 0 Å². The predicted molar refractivity (Wildman–Crippen MR) is 73.3 cm³/mol. The number of hydrogen-bond acceptors (Lipinski definition) is 3. The first-order chi connectivity index (χ1) is 8.13. The van der Waals surface area contributed by atoms with E-state index in [0.717, 1.165) is 15.6 Å². The Morgan fingerprint density at radius 1 is 1.41 bits per heavy atom. The summed E-state index contributed by atoms with van der Waals surface area (Å²) in [4.78, 5) is 3.97. The predicted octanol–water partition coefficient (Wildman–Crippen LogP) is 3.76. The number of nitrogens with zero attached hydrogens (tertiary/aromatic N) is 1. The van der Waals surface area contributed by atoms with Crippen molar-refractivity contribution in [3.05, 3.63) is 40.1 Å². The van der Waals surface area contributed by atoms with Gasteiger partial charge in [-0.25, -0.2) is 0 Å². The third-order valence-corrected chi connectivity index (χ3v) is 3.20. The van der Waals surface area contributed by atoms with Gasteiger partial charge in [0.2, 0.25) is 0 Å². The Labute approximate surface area is 113 Å². The summed E-state index contributed by atoms with van der Waals surface area (Å²) in [7, 11) is 1.60. The SMILES string of the molecule is COc1cc(Cl)cc(Br)c1-c1ccncc1N. The topological polar surface area (TPSA) is 48.1 Å². The first kappa shape index (κ1) is 12.2. The molecule has 2 rings (SSSR count). The monoisotopic (exact) mass is 312 g/mol. The zero-order valence-electron chi connectivity index (χ0n) is 9.08. The van der Waals surface area contributed by atoms with Crippen molar-refractivity contribution in [2.24, 2.45) is 0 Å². The highest BCUT2D eigenvalue weighted by atomic mass is 79.9. The van der Waals surface area contributed by atoms with Crippen molar-refractivity contribution in [3.8, 4) is 16.9 Å². The van der Waals surface area contributed by atoms with E-state index in [2.05, 4.69) is 20.9 Å². The van der Waals surface area contributed by atoms with Crippen molar-refractivity contribution < 1.29 is 4.74 Å². The molecule has 0 aliphatic carbocycles. The average molecular weight is 314 g/mol. The van der Waals surface area contributed by atoms with Gasteiger partial charge < -0.3 is 10.5 Å². The molecule has 0 aliphatic rings. The van der Waals surface area contributed by atoms with Gasteiger partial charge in [0, 0.05) is 26.8 Å². The molecule has 0 atom stereocenters. The minimum absolute atomic E-state index is 0.592. The molecule has 0 spiro atoms. The number of hydrogen-bond donors (Lipinski definition) is 1. The average Bonchev–Trinajstić information content (AvgIpc) is 2.29. The molecule has 2 aromatic rings. The minimum Gasteiger partial charge on any atom is -0.496 e. The number of benzene rings is 1. The molecule has 17 heavy (non-hydrogen) atoms. The first-order valence-corrected chi connectivity index (χ1v) is 6.03. The molecule has 0 radical (unpaired) electrons. The van der Waals surface area contributed by atoms with Gasteiger partial charge in [-0.2, -0.15) is 0 Å². The van der Waals surface area contributed by atoms with Gasteiger partial charge in [0.05, 0.1) is 19.0 Å². The zero-order valence-corrected chi connectivity index (χ0v) is 11.4. The van der Waals surface area contributed by atoms with Gasteiger partial charge >= 0.3 is 0 Å². The molecule has 0 saturated carbocycles. The summed E-state index contributed by atoms with van der Waals surface area (Å²) in [6.45, 7) is 0. The quantitative estimate of drug-likeness (QED) is 0.918. The van der Waals surface area contributed by atoms with Crippen LogP contribution in [-0.4, -0.2) is 12.1 Å². The van der Waals surface area contributed by atoms with Crippen LogP contribution in [0.1, 0.15) is 0 Å². The number of methoxy groups -OCH3 is 1. The Bertz CT molecular complexity index is 560. The van der Waals surface area contributed by atoms with Crippen LogP contribution < -0.4 is 10.5 Å². The first-order valence-electron chi connectivity index (χ1n) is 4.86. The molecule has 1 heterocycles. The molecule has 0 saturated heterocycles. The maximum absolute atomic E-state index is 5.97. The van der Waals surface area contributed by atoms with E-state index >= 15 is 0 Å². The Balaban J connectivity index is 2.71. The molecule has 5 heteroatoms. The van der Waals surface area contributed by atoms with E-state index < -0.39 is 0 Å². The third kappa shape index (κ3) is 2.37. The highest BCUT2D eigenvalue weighted by Crippen LogP contribution is 2.41. The fraction of sp³-hybridized carbons (Fsp3) is 0.0833. The van der Waals surface area contributed by atoms with E-state index in [1.165, 1.54) is 0 Å². The smallest absolute Gasteiger partial charge is 0.129 e. The van der Waals surface area contributed by atoms with E-state index in [1.807, 2.05) is 6.07 Å². The van der Waals surface area contributed by atoms with Gasteiger partial charge in [-0.15, -0.1) is 0 Å². The molecule has 0 unspecified atom stereocenters. The molecule has 2 N–H and O–H groups in total. The lowest BCUT2D eigenvalue weighted by molar-refractivity contribution is 0.416. The summed E-state index contributed by atoms with van der Waals surface area (Å²) < 4.78 is 6.16. The van der Waals surface area contributed by atoms with Crippen molar-refractivity contribution in [2.45, 2.75) is 0 Å². The molecule has 1 aromatic heterocycles. The number of ether oxygens (including phenoxy) is 1. The van der Waals surface area contributed by atoms with Gasteiger partial charge in [-0.3, -0.25) is 4.98 Å². The van der Waals surface area contributed by atoms with Crippen molar-refractivity contribution in [1.29, 1.82) is 0 Å². The molecule has 0 amide bonds. The van der Waals surface area contributed by atoms with Gasteiger partial charge in [0.15, 0.2) is 0 Å². The molecule has 88 valence electrons. The fourth-order valence-corrected chi connectivity index (χ4v) is 2.60.